The monoisotopic (exact) mass is 396 g/mol. The Hall–Kier alpha value is -0.140. The standard InChI is InChI=1S/C14H21BrN2O2S.ClH/c1-16-13-5-3-7-17(11-13)8-9-20(18,19)14-6-2-4-12(15)10-14;/h2,4,6,10,13,16H,3,5,7-9,11H2,1H3;1H. The number of nitrogens with zero attached hydrogens (tertiary/aromatic N) is 1. The zero-order valence-corrected chi connectivity index (χ0v) is 15.3. The molecule has 0 bridgehead atoms. The fourth-order valence-electron chi connectivity index (χ4n) is 2.52. The summed E-state index contributed by atoms with van der Waals surface area (Å²) < 4.78 is 25.4. The molecule has 0 spiro atoms. The van der Waals surface area contributed by atoms with Crippen molar-refractivity contribution in [1.82, 2.24) is 10.2 Å². The molecule has 0 saturated carbocycles. The van der Waals surface area contributed by atoms with E-state index in [1.165, 1.54) is 6.42 Å². The molecule has 0 radical (unpaired) electrons. The predicted molar refractivity (Wildman–Crippen MR) is 92.0 cm³/mol. The molecule has 1 atom stereocenters. The van der Waals surface area contributed by atoms with Gasteiger partial charge in [-0.15, -0.1) is 12.4 Å². The summed E-state index contributed by atoms with van der Waals surface area (Å²) in [7, 11) is -1.23. The molecule has 1 aliphatic heterocycles. The number of likely N-dealkylation sites (tertiary alicyclic amines) is 1. The zero-order chi connectivity index (χ0) is 14.6. The van der Waals surface area contributed by atoms with Crippen LogP contribution in [0.4, 0.5) is 0 Å². The first-order valence-electron chi connectivity index (χ1n) is 6.89. The summed E-state index contributed by atoms with van der Waals surface area (Å²) in [6, 6.07) is 7.40. The maximum atomic E-state index is 12.3. The van der Waals surface area contributed by atoms with Crippen molar-refractivity contribution in [2.24, 2.45) is 0 Å². The highest BCUT2D eigenvalue weighted by molar-refractivity contribution is 9.10. The van der Waals surface area contributed by atoms with Crippen molar-refractivity contribution in [2.45, 2.75) is 23.8 Å². The first-order chi connectivity index (χ1) is 9.51. The molecule has 1 aliphatic rings. The van der Waals surface area contributed by atoms with Gasteiger partial charge in [-0.1, -0.05) is 22.0 Å². The normalized spacial score (nSPS) is 20.0. The van der Waals surface area contributed by atoms with Crippen LogP contribution in [0.2, 0.25) is 0 Å². The van der Waals surface area contributed by atoms with E-state index in [1.807, 2.05) is 13.1 Å². The molecular formula is C14H22BrClN2O2S. The Balaban J connectivity index is 0.00000220. The van der Waals surface area contributed by atoms with Crippen LogP contribution in [0.3, 0.4) is 0 Å². The largest absolute Gasteiger partial charge is 0.316 e. The quantitative estimate of drug-likeness (QED) is 0.828. The third kappa shape index (κ3) is 5.53. The highest BCUT2D eigenvalue weighted by atomic mass is 79.9. The highest BCUT2D eigenvalue weighted by Gasteiger charge is 2.21. The second kappa shape index (κ2) is 8.48. The summed E-state index contributed by atoms with van der Waals surface area (Å²) in [5, 5.41) is 3.27. The minimum absolute atomic E-state index is 0. The van der Waals surface area contributed by atoms with Crippen molar-refractivity contribution in [3.63, 3.8) is 0 Å². The van der Waals surface area contributed by atoms with Crippen LogP contribution in [0.25, 0.3) is 0 Å². The van der Waals surface area contributed by atoms with E-state index >= 15 is 0 Å². The maximum absolute atomic E-state index is 12.3. The third-order valence-electron chi connectivity index (χ3n) is 3.75. The highest BCUT2D eigenvalue weighted by Crippen LogP contribution is 2.18. The summed E-state index contributed by atoms with van der Waals surface area (Å²) in [4.78, 5) is 2.63. The molecule has 1 fully saturated rings. The number of piperidine rings is 1. The van der Waals surface area contributed by atoms with Crippen LogP contribution in [0.15, 0.2) is 33.6 Å². The summed E-state index contributed by atoms with van der Waals surface area (Å²) in [6.45, 7) is 2.53. The van der Waals surface area contributed by atoms with E-state index in [0.717, 1.165) is 24.0 Å². The number of hydrogen-bond acceptors (Lipinski definition) is 4. The van der Waals surface area contributed by atoms with E-state index in [4.69, 9.17) is 0 Å². The van der Waals surface area contributed by atoms with Gasteiger partial charge in [0.05, 0.1) is 10.6 Å². The lowest BCUT2D eigenvalue weighted by molar-refractivity contribution is 0.205. The molecule has 0 amide bonds. The molecule has 0 aromatic heterocycles. The Bertz CT molecular complexity index is 554. The van der Waals surface area contributed by atoms with Crippen molar-refractivity contribution in [1.29, 1.82) is 0 Å². The van der Waals surface area contributed by atoms with Gasteiger partial charge in [0.15, 0.2) is 9.84 Å². The SMILES string of the molecule is CNC1CCCN(CCS(=O)(=O)c2cccc(Br)c2)C1.Cl. The summed E-state index contributed by atoms with van der Waals surface area (Å²) in [5.74, 6) is 0.180. The van der Waals surface area contributed by atoms with Crippen LogP contribution < -0.4 is 5.32 Å². The van der Waals surface area contributed by atoms with Gasteiger partial charge in [0.2, 0.25) is 0 Å². The lowest BCUT2D eigenvalue weighted by atomic mass is 10.1. The third-order valence-corrected chi connectivity index (χ3v) is 5.93. The fourth-order valence-corrected chi connectivity index (χ4v) is 4.40. The Kier molecular flexibility index (Phi) is 7.64. The van der Waals surface area contributed by atoms with Crippen LogP contribution in [0, 0.1) is 0 Å². The number of nitrogens with one attached hydrogen (secondary N) is 1. The molecule has 4 nitrogen and oxygen atoms in total. The van der Waals surface area contributed by atoms with Gasteiger partial charge in [-0.05, 0) is 44.6 Å². The molecule has 1 aromatic rings. The Morgan fingerprint density at radius 2 is 2.19 bits per heavy atom. The summed E-state index contributed by atoms with van der Waals surface area (Å²) >= 11 is 3.32. The minimum atomic E-state index is -3.20. The lowest BCUT2D eigenvalue weighted by Crippen LogP contribution is -2.45. The van der Waals surface area contributed by atoms with Gasteiger partial charge in [0.1, 0.15) is 0 Å². The molecule has 1 heterocycles. The number of rotatable bonds is 5. The van der Waals surface area contributed by atoms with E-state index in [-0.39, 0.29) is 18.2 Å². The van der Waals surface area contributed by atoms with Crippen LogP contribution in [-0.2, 0) is 9.84 Å². The van der Waals surface area contributed by atoms with E-state index in [1.54, 1.807) is 18.2 Å². The topological polar surface area (TPSA) is 49.4 Å². The van der Waals surface area contributed by atoms with Crippen LogP contribution >= 0.6 is 28.3 Å². The Morgan fingerprint density at radius 3 is 2.86 bits per heavy atom. The summed E-state index contributed by atoms with van der Waals surface area (Å²) in [6.07, 6.45) is 2.30. The molecule has 1 aromatic carbocycles. The number of sulfone groups is 1. The van der Waals surface area contributed by atoms with Crippen molar-refractivity contribution in [3.8, 4) is 0 Å². The van der Waals surface area contributed by atoms with Gasteiger partial charge < -0.3 is 10.2 Å². The molecule has 1 unspecified atom stereocenters. The molecule has 2 rings (SSSR count). The smallest absolute Gasteiger partial charge is 0.179 e. The first-order valence-corrected chi connectivity index (χ1v) is 9.34. The second-order valence-corrected chi connectivity index (χ2v) is 8.23. The molecular weight excluding hydrogens is 376 g/mol. The number of likely N-dealkylation sites (N-methyl/N-ethyl adjacent to an activating group) is 1. The van der Waals surface area contributed by atoms with Crippen LogP contribution in [0.5, 0.6) is 0 Å². The van der Waals surface area contributed by atoms with Crippen LogP contribution in [0.1, 0.15) is 12.8 Å². The molecule has 1 N–H and O–H groups in total. The number of benzene rings is 1. The van der Waals surface area contributed by atoms with Crippen molar-refractivity contribution in [2.75, 3.05) is 32.4 Å². The molecule has 1 saturated heterocycles. The van der Waals surface area contributed by atoms with Crippen LogP contribution in [-0.4, -0.2) is 51.8 Å². The first kappa shape index (κ1) is 18.9. The van der Waals surface area contributed by atoms with Gasteiger partial charge in [0, 0.05) is 23.6 Å². The molecule has 120 valence electrons. The van der Waals surface area contributed by atoms with E-state index in [9.17, 15) is 8.42 Å². The average Bonchev–Trinajstić information content (AvgIpc) is 2.45. The molecule has 0 aliphatic carbocycles. The van der Waals surface area contributed by atoms with E-state index in [0.29, 0.717) is 17.5 Å². The predicted octanol–water partition coefficient (Wildman–Crippen LogP) is 2.33. The van der Waals surface area contributed by atoms with Crippen molar-refractivity contribution < 1.29 is 8.42 Å². The summed E-state index contributed by atoms with van der Waals surface area (Å²) in [5.41, 5.74) is 0. The Labute approximate surface area is 141 Å². The zero-order valence-electron chi connectivity index (χ0n) is 12.1. The van der Waals surface area contributed by atoms with Crippen molar-refractivity contribution >= 4 is 38.2 Å². The second-order valence-electron chi connectivity index (χ2n) is 5.20. The molecule has 21 heavy (non-hydrogen) atoms. The van der Waals surface area contributed by atoms with E-state index < -0.39 is 9.84 Å². The number of halogens is 2. The minimum Gasteiger partial charge on any atom is -0.316 e. The van der Waals surface area contributed by atoms with Gasteiger partial charge in [-0.3, -0.25) is 0 Å². The lowest BCUT2D eigenvalue weighted by Gasteiger charge is -2.32. The fraction of sp³-hybridized carbons (Fsp3) is 0.571. The van der Waals surface area contributed by atoms with Crippen molar-refractivity contribution in [3.05, 3.63) is 28.7 Å². The Morgan fingerprint density at radius 1 is 1.43 bits per heavy atom. The molecule has 7 heteroatoms. The average molecular weight is 398 g/mol. The van der Waals surface area contributed by atoms with Gasteiger partial charge in [-0.25, -0.2) is 8.42 Å². The van der Waals surface area contributed by atoms with Gasteiger partial charge in [-0.2, -0.15) is 0 Å². The van der Waals surface area contributed by atoms with E-state index in [2.05, 4.69) is 26.1 Å². The maximum Gasteiger partial charge on any atom is 0.179 e. The van der Waals surface area contributed by atoms with Gasteiger partial charge in [0.25, 0.3) is 0 Å². The number of hydrogen-bond donors (Lipinski definition) is 1. The van der Waals surface area contributed by atoms with Gasteiger partial charge >= 0.3 is 0 Å².